The van der Waals surface area contributed by atoms with E-state index in [9.17, 15) is 9.18 Å². The molecular formula is C22H18ClFN4O3S. The smallest absolute Gasteiger partial charge is 0.234 e. The summed E-state index contributed by atoms with van der Waals surface area (Å²) in [4.78, 5) is 12.4. The summed E-state index contributed by atoms with van der Waals surface area (Å²) in [5, 5.41) is 11.6. The van der Waals surface area contributed by atoms with E-state index in [1.54, 1.807) is 12.3 Å². The number of thioether (sulfide) groups is 1. The first-order chi connectivity index (χ1) is 15.6. The van der Waals surface area contributed by atoms with Gasteiger partial charge in [0.15, 0.2) is 11.0 Å². The van der Waals surface area contributed by atoms with Gasteiger partial charge in [-0.05, 0) is 42.5 Å². The summed E-state index contributed by atoms with van der Waals surface area (Å²) >= 11 is 6.98. The lowest BCUT2D eigenvalue weighted by molar-refractivity contribution is -0.113. The van der Waals surface area contributed by atoms with Gasteiger partial charge in [-0.15, -0.1) is 10.2 Å². The zero-order chi connectivity index (χ0) is 22.3. The van der Waals surface area contributed by atoms with Crippen molar-refractivity contribution in [2.24, 2.45) is 0 Å². The SMILES string of the molecule is O=C(CSc1nnc(COc2ccccc2)n1Cc1ccco1)Nc1ccc(F)c(Cl)c1. The first-order valence-corrected chi connectivity index (χ1v) is 10.9. The van der Waals surface area contributed by atoms with E-state index >= 15 is 0 Å². The molecule has 1 N–H and O–H groups in total. The van der Waals surface area contributed by atoms with Crippen LogP contribution in [0.15, 0.2) is 76.5 Å². The summed E-state index contributed by atoms with van der Waals surface area (Å²) in [6.07, 6.45) is 1.59. The molecule has 4 aromatic rings. The average molecular weight is 473 g/mol. The minimum atomic E-state index is -0.546. The van der Waals surface area contributed by atoms with E-state index in [4.69, 9.17) is 20.8 Å². The van der Waals surface area contributed by atoms with Gasteiger partial charge in [0.1, 0.15) is 23.9 Å². The van der Waals surface area contributed by atoms with Crippen LogP contribution in [0.25, 0.3) is 0 Å². The Balaban J connectivity index is 1.44. The summed E-state index contributed by atoms with van der Waals surface area (Å²) < 4.78 is 26.4. The second-order valence-electron chi connectivity index (χ2n) is 6.63. The van der Waals surface area contributed by atoms with E-state index in [2.05, 4.69) is 15.5 Å². The highest BCUT2D eigenvalue weighted by Gasteiger charge is 2.16. The van der Waals surface area contributed by atoms with Crippen LogP contribution in [0, 0.1) is 5.82 Å². The molecule has 0 aliphatic heterocycles. The van der Waals surface area contributed by atoms with Crippen molar-refractivity contribution < 1.29 is 18.3 Å². The van der Waals surface area contributed by atoms with Crippen LogP contribution in [0.4, 0.5) is 10.1 Å². The number of hydrogen-bond acceptors (Lipinski definition) is 6. The number of benzene rings is 2. The van der Waals surface area contributed by atoms with Gasteiger partial charge < -0.3 is 14.5 Å². The second kappa shape index (κ2) is 10.3. The highest BCUT2D eigenvalue weighted by atomic mass is 35.5. The predicted octanol–water partition coefficient (Wildman–Crippen LogP) is 5.02. The average Bonchev–Trinajstić information content (AvgIpc) is 3.45. The molecule has 0 radical (unpaired) electrons. The lowest BCUT2D eigenvalue weighted by Crippen LogP contribution is -2.15. The Morgan fingerprint density at radius 2 is 2.00 bits per heavy atom. The third-order valence-electron chi connectivity index (χ3n) is 4.33. The van der Waals surface area contributed by atoms with Crippen LogP contribution in [0.3, 0.4) is 0 Å². The molecule has 2 aromatic heterocycles. The fraction of sp³-hybridized carbons (Fsp3) is 0.136. The Morgan fingerprint density at radius 3 is 2.75 bits per heavy atom. The largest absolute Gasteiger partial charge is 0.486 e. The highest BCUT2D eigenvalue weighted by molar-refractivity contribution is 7.99. The van der Waals surface area contributed by atoms with Gasteiger partial charge in [0.05, 0.1) is 23.6 Å². The predicted molar refractivity (Wildman–Crippen MR) is 119 cm³/mol. The summed E-state index contributed by atoms with van der Waals surface area (Å²) in [6, 6.07) is 17.0. The molecule has 0 fully saturated rings. The number of para-hydroxylation sites is 1. The number of aromatic nitrogens is 3. The van der Waals surface area contributed by atoms with Crippen molar-refractivity contribution in [1.29, 1.82) is 0 Å². The summed E-state index contributed by atoms with van der Waals surface area (Å²) in [6.45, 7) is 0.601. The monoisotopic (exact) mass is 472 g/mol. The van der Waals surface area contributed by atoms with Crippen molar-refractivity contribution in [3.63, 3.8) is 0 Å². The zero-order valence-electron chi connectivity index (χ0n) is 16.7. The van der Waals surface area contributed by atoms with Crippen LogP contribution in [-0.4, -0.2) is 26.4 Å². The van der Waals surface area contributed by atoms with Crippen LogP contribution >= 0.6 is 23.4 Å². The Kier molecular flexibility index (Phi) is 7.08. The number of furan rings is 1. The van der Waals surface area contributed by atoms with Gasteiger partial charge >= 0.3 is 0 Å². The molecule has 7 nitrogen and oxygen atoms in total. The van der Waals surface area contributed by atoms with E-state index in [0.717, 1.165) is 5.76 Å². The van der Waals surface area contributed by atoms with Crippen LogP contribution < -0.4 is 10.1 Å². The maximum atomic E-state index is 13.3. The first-order valence-electron chi connectivity index (χ1n) is 9.58. The molecule has 0 spiro atoms. The summed E-state index contributed by atoms with van der Waals surface area (Å²) in [5.74, 6) is 1.27. The van der Waals surface area contributed by atoms with Gasteiger partial charge in [-0.3, -0.25) is 9.36 Å². The molecule has 0 saturated heterocycles. The molecule has 4 rings (SSSR count). The molecule has 164 valence electrons. The Hall–Kier alpha value is -3.30. The van der Waals surface area contributed by atoms with Gasteiger partial charge in [0, 0.05) is 5.69 Å². The molecule has 0 aliphatic rings. The number of rotatable bonds is 9. The fourth-order valence-electron chi connectivity index (χ4n) is 2.82. The lowest BCUT2D eigenvalue weighted by Gasteiger charge is -2.10. The molecule has 0 unspecified atom stereocenters. The molecule has 10 heteroatoms. The molecule has 32 heavy (non-hydrogen) atoms. The fourth-order valence-corrected chi connectivity index (χ4v) is 3.75. The Bertz CT molecular complexity index is 1190. The van der Waals surface area contributed by atoms with E-state index in [1.807, 2.05) is 41.0 Å². The maximum Gasteiger partial charge on any atom is 0.234 e. The number of halogens is 2. The van der Waals surface area contributed by atoms with Crippen LogP contribution in [0.5, 0.6) is 5.75 Å². The molecule has 0 aliphatic carbocycles. The van der Waals surface area contributed by atoms with Crippen LogP contribution in [0.2, 0.25) is 5.02 Å². The summed E-state index contributed by atoms with van der Waals surface area (Å²) in [5.41, 5.74) is 0.413. The quantitative estimate of drug-likeness (QED) is 0.344. The van der Waals surface area contributed by atoms with Gasteiger partial charge in [-0.25, -0.2) is 4.39 Å². The zero-order valence-corrected chi connectivity index (χ0v) is 18.3. The molecular weight excluding hydrogens is 455 g/mol. The molecule has 2 aromatic carbocycles. The molecule has 2 heterocycles. The van der Waals surface area contributed by atoms with Crippen LogP contribution in [0.1, 0.15) is 11.6 Å². The third-order valence-corrected chi connectivity index (χ3v) is 5.59. The number of carbonyl (C=O) groups is 1. The van der Waals surface area contributed by atoms with Crippen molar-refractivity contribution in [3.05, 3.63) is 89.4 Å². The normalized spacial score (nSPS) is 10.8. The lowest BCUT2D eigenvalue weighted by atomic mass is 10.3. The molecule has 0 bridgehead atoms. The minimum absolute atomic E-state index is 0.0586. The highest BCUT2D eigenvalue weighted by Crippen LogP contribution is 2.22. The second-order valence-corrected chi connectivity index (χ2v) is 7.98. The number of nitrogens with zero attached hydrogens (tertiary/aromatic N) is 3. The van der Waals surface area contributed by atoms with E-state index < -0.39 is 5.82 Å². The number of hydrogen-bond donors (Lipinski definition) is 1. The van der Waals surface area contributed by atoms with E-state index in [-0.39, 0.29) is 23.3 Å². The Morgan fingerprint density at radius 1 is 1.16 bits per heavy atom. The van der Waals surface area contributed by atoms with Gasteiger partial charge in [-0.1, -0.05) is 41.6 Å². The number of ether oxygens (including phenoxy) is 1. The van der Waals surface area contributed by atoms with Gasteiger partial charge in [0.2, 0.25) is 5.91 Å². The number of carbonyl (C=O) groups excluding carboxylic acids is 1. The maximum absolute atomic E-state index is 13.3. The molecule has 0 atom stereocenters. The minimum Gasteiger partial charge on any atom is -0.486 e. The number of nitrogens with one attached hydrogen (secondary N) is 1. The van der Waals surface area contributed by atoms with E-state index in [0.29, 0.717) is 29.0 Å². The Labute approximate surface area is 192 Å². The van der Waals surface area contributed by atoms with Gasteiger partial charge in [0.25, 0.3) is 0 Å². The van der Waals surface area contributed by atoms with Crippen molar-refractivity contribution in [2.45, 2.75) is 18.3 Å². The third kappa shape index (κ3) is 5.68. The van der Waals surface area contributed by atoms with Crippen molar-refractivity contribution in [3.8, 4) is 5.75 Å². The molecule has 0 saturated carbocycles. The molecule has 1 amide bonds. The van der Waals surface area contributed by atoms with Crippen LogP contribution in [-0.2, 0) is 17.9 Å². The first kappa shape index (κ1) is 21.9. The summed E-state index contributed by atoms with van der Waals surface area (Å²) in [7, 11) is 0. The number of amides is 1. The van der Waals surface area contributed by atoms with Crippen molar-refractivity contribution >= 4 is 35.0 Å². The topological polar surface area (TPSA) is 82.2 Å². The van der Waals surface area contributed by atoms with Gasteiger partial charge in [-0.2, -0.15) is 0 Å². The van der Waals surface area contributed by atoms with Crippen molar-refractivity contribution in [2.75, 3.05) is 11.1 Å². The standard InChI is InChI=1S/C22H18ClFN4O3S/c23-18-11-15(8-9-19(18)24)25-21(29)14-32-22-27-26-20(13-31-16-5-2-1-3-6-16)28(22)12-17-7-4-10-30-17/h1-11H,12-14H2,(H,25,29). The van der Waals surface area contributed by atoms with Crippen molar-refractivity contribution in [1.82, 2.24) is 14.8 Å². The van der Waals surface area contributed by atoms with E-state index in [1.165, 1.54) is 30.0 Å². The number of anilines is 1.